The van der Waals surface area contributed by atoms with Gasteiger partial charge in [0.1, 0.15) is 5.82 Å². The van der Waals surface area contributed by atoms with Crippen LogP contribution in [0, 0.1) is 5.82 Å². The van der Waals surface area contributed by atoms with Gasteiger partial charge >= 0.3 is 0 Å². The summed E-state index contributed by atoms with van der Waals surface area (Å²) in [5.74, 6) is -0.206. The Labute approximate surface area is 113 Å². The molecular weight excluding hydrogens is 243 g/mol. The van der Waals surface area contributed by atoms with Gasteiger partial charge in [-0.2, -0.15) is 0 Å². The maximum Gasteiger partial charge on any atom is 0.176 e. The van der Waals surface area contributed by atoms with Gasteiger partial charge in [-0.05, 0) is 43.7 Å². The number of rotatable bonds is 3. The summed E-state index contributed by atoms with van der Waals surface area (Å²) in [7, 11) is 0. The molecule has 1 aromatic rings. The molecule has 1 aromatic carbocycles. The van der Waals surface area contributed by atoms with Gasteiger partial charge in [0.2, 0.25) is 0 Å². The summed E-state index contributed by atoms with van der Waals surface area (Å²) in [6.07, 6.45) is 2.53. The van der Waals surface area contributed by atoms with Gasteiger partial charge in [0, 0.05) is 31.2 Å². The predicted octanol–water partition coefficient (Wildman–Crippen LogP) is 1.79. The van der Waals surface area contributed by atoms with E-state index in [1.807, 2.05) is 0 Å². The fourth-order valence-corrected chi connectivity index (χ4v) is 3.13. The predicted molar refractivity (Wildman–Crippen MR) is 71.8 cm³/mol. The molecule has 2 aliphatic rings. The molecule has 3 rings (SSSR count). The summed E-state index contributed by atoms with van der Waals surface area (Å²) in [5, 5.41) is 0. The third-order valence-electron chi connectivity index (χ3n) is 4.20. The van der Waals surface area contributed by atoms with Crippen molar-refractivity contribution in [3.63, 3.8) is 0 Å². The summed E-state index contributed by atoms with van der Waals surface area (Å²) in [6.45, 7) is 4.69. The second-order valence-electron chi connectivity index (χ2n) is 5.50. The van der Waals surface area contributed by atoms with E-state index in [2.05, 4.69) is 9.80 Å². The van der Waals surface area contributed by atoms with Crippen molar-refractivity contribution in [3.05, 3.63) is 35.6 Å². The van der Waals surface area contributed by atoms with E-state index in [-0.39, 0.29) is 11.6 Å². The Balaban J connectivity index is 1.59. The van der Waals surface area contributed by atoms with Gasteiger partial charge in [-0.25, -0.2) is 4.39 Å². The molecule has 102 valence electrons. The molecule has 0 aromatic heterocycles. The maximum atomic E-state index is 12.8. The smallest absolute Gasteiger partial charge is 0.176 e. The van der Waals surface area contributed by atoms with Gasteiger partial charge in [0.25, 0.3) is 0 Å². The molecule has 0 spiro atoms. The Morgan fingerprint density at radius 3 is 2.79 bits per heavy atom. The zero-order chi connectivity index (χ0) is 13.2. The minimum atomic E-state index is -0.295. The van der Waals surface area contributed by atoms with E-state index in [4.69, 9.17) is 0 Å². The molecule has 0 aliphatic carbocycles. The van der Waals surface area contributed by atoms with Crippen molar-refractivity contribution in [2.24, 2.45) is 0 Å². The van der Waals surface area contributed by atoms with E-state index in [1.165, 1.54) is 31.5 Å². The number of carbonyl (C=O) groups is 1. The fourth-order valence-electron chi connectivity index (χ4n) is 3.13. The van der Waals surface area contributed by atoms with Crippen molar-refractivity contribution in [1.82, 2.24) is 9.80 Å². The summed E-state index contributed by atoms with van der Waals surface area (Å²) >= 11 is 0. The highest BCUT2D eigenvalue weighted by Crippen LogP contribution is 2.21. The van der Waals surface area contributed by atoms with Gasteiger partial charge in [-0.3, -0.25) is 14.6 Å². The lowest BCUT2D eigenvalue weighted by Crippen LogP contribution is -2.51. The molecule has 0 bridgehead atoms. The number of carbonyl (C=O) groups excluding carboxylic acids is 1. The van der Waals surface area contributed by atoms with E-state index < -0.39 is 0 Å². The summed E-state index contributed by atoms with van der Waals surface area (Å²) in [4.78, 5) is 16.9. The summed E-state index contributed by atoms with van der Waals surface area (Å²) in [5.41, 5.74) is 0.607. The highest BCUT2D eigenvalue weighted by Gasteiger charge is 2.31. The first-order valence-electron chi connectivity index (χ1n) is 6.97. The number of halogens is 1. The van der Waals surface area contributed by atoms with E-state index in [0.717, 1.165) is 19.6 Å². The monoisotopic (exact) mass is 262 g/mol. The summed E-state index contributed by atoms with van der Waals surface area (Å²) in [6, 6.07) is 6.48. The number of hydrogen-bond donors (Lipinski definition) is 0. The van der Waals surface area contributed by atoms with Crippen molar-refractivity contribution < 1.29 is 9.18 Å². The molecule has 0 saturated carbocycles. The Bertz CT molecular complexity index is 460. The van der Waals surface area contributed by atoms with E-state index in [0.29, 0.717) is 18.2 Å². The third-order valence-corrected chi connectivity index (χ3v) is 4.20. The van der Waals surface area contributed by atoms with Crippen LogP contribution in [0.15, 0.2) is 24.3 Å². The number of hydrogen-bond acceptors (Lipinski definition) is 3. The Kier molecular flexibility index (Phi) is 3.62. The number of ketones is 1. The Hall–Kier alpha value is -1.26. The number of piperazine rings is 1. The average Bonchev–Trinajstić information content (AvgIpc) is 2.87. The van der Waals surface area contributed by atoms with Crippen LogP contribution in [0.5, 0.6) is 0 Å². The van der Waals surface area contributed by atoms with Gasteiger partial charge in [-0.15, -0.1) is 0 Å². The van der Waals surface area contributed by atoms with Crippen molar-refractivity contribution in [2.45, 2.75) is 18.9 Å². The van der Waals surface area contributed by atoms with Crippen molar-refractivity contribution >= 4 is 5.78 Å². The molecule has 19 heavy (non-hydrogen) atoms. The van der Waals surface area contributed by atoms with Crippen molar-refractivity contribution in [2.75, 3.05) is 32.7 Å². The van der Waals surface area contributed by atoms with Crippen molar-refractivity contribution in [1.29, 1.82) is 0 Å². The zero-order valence-corrected chi connectivity index (χ0v) is 11.0. The van der Waals surface area contributed by atoms with Crippen molar-refractivity contribution in [3.8, 4) is 0 Å². The molecule has 1 unspecified atom stereocenters. The topological polar surface area (TPSA) is 23.6 Å². The molecule has 1 atom stereocenters. The zero-order valence-electron chi connectivity index (χ0n) is 11.0. The highest BCUT2D eigenvalue weighted by atomic mass is 19.1. The van der Waals surface area contributed by atoms with Crippen LogP contribution in [0.25, 0.3) is 0 Å². The minimum absolute atomic E-state index is 0.0893. The number of fused-ring (bicyclic) bond motifs is 1. The van der Waals surface area contributed by atoms with Crippen LogP contribution in [0.2, 0.25) is 0 Å². The molecular formula is C15H19FN2O. The highest BCUT2D eigenvalue weighted by molar-refractivity contribution is 5.97. The number of benzene rings is 1. The lowest BCUT2D eigenvalue weighted by atomic mass is 10.1. The fraction of sp³-hybridized carbons (Fsp3) is 0.533. The Morgan fingerprint density at radius 1 is 1.21 bits per heavy atom. The normalized spacial score (nSPS) is 24.4. The molecule has 3 nitrogen and oxygen atoms in total. The average molecular weight is 262 g/mol. The van der Waals surface area contributed by atoms with E-state index in [1.54, 1.807) is 12.1 Å². The molecule has 4 heteroatoms. The molecule has 2 aliphatic heterocycles. The molecule has 2 fully saturated rings. The van der Waals surface area contributed by atoms with Crippen LogP contribution in [-0.2, 0) is 0 Å². The first kappa shape index (κ1) is 12.8. The first-order chi connectivity index (χ1) is 9.22. The molecule has 0 N–H and O–H groups in total. The molecule has 2 heterocycles. The van der Waals surface area contributed by atoms with Crippen LogP contribution in [0.1, 0.15) is 23.2 Å². The van der Waals surface area contributed by atoms with E-state index >= 15 is 0 Å². The van der Waals surface area contributed by atoms with Gasteiger partial charge < -0.3 is 0 Å². The first-order valence-corrected chi connectivity index (χ1v) is 6.97. The lowest BCUT2D eigenvalue weighted by molar-refractivity contribution is 0.0784. The molecule has 0 radical (unpaired) electrons. The molecule has 2 saturated heterocycles. The second-order valence-corrected chi connectivity index (χ2v) is 5.50. The van der Waals surface area contributed by atoms with Gasteiger partial charge in [-0.1, -0.05) is 0 Å². The van der Waals surface area contributed by atoms with Crippen LogP contribution >= 0.6 is 0 Å². The largest absolute Gasteiger partial charge is 0.298 e. The molecule has 0 amide bonds. The third kappa shape index (κ3) is 2.85. The van der Waals surface area contributed by atoms with Gasteiger partial charge in [0.05, 0.1) is 6.54 Å². The quantitative estimate of drug-likeness (QED) is 0.776. The summed E-state index contributed by atoms with van der Waals surface area (Å²) < 4.78 is 12.8. The SMILES string of the molecule is O=C(CN1CCN2CCCC2C1)c1ccc(F)cc1. The Morgan fingerprint density at radius 2 is 2.00 bits per heavy atom. The maximum absolute atomic E-state index is 12.8. The standard InChI is InChI=1S/C15H19FN2O/c16-13-5-3-12(4-6-13)15(19)11-17-8-9-18-7-1-2-14(18)10-17/h3-6,14H,1-2,7-11H2. The van der Waals surface area contributed by atoms with Crippen LogP contribution in [0.4, 0.5) is 4.39 Å². The van der Waals surface area contributed by atoms with Crippen LogP contribution in [0.3, 0.4) is 0 Å². The van der Waals surface area contributed by atoms with E-state index in [9.17, 15) is 9.18 Å². The minimum Gasteiger partial charge on any atom is -0.298 e. The van der Waals surface area contributed by atoms with Crippen LogP contribution < -0.4 is 0 Å². The number of Topliss-reactive ketones (excluding diaryl/α,β-unsaturated/α-hetero) is 1. The van der Waals surface area contributed by atoms with Gasteiger partial charge in [0.15, 0.2) is 5.78 Å². The lowest BCUT2D eigenvalue weighted by Gasteiger charge is -2.37. The number of nitrogens with zero attached hydrogens (tertiary/aromatic N) is 2. The second kappa shape index (κ2) is 5.39. The van der Waals surface area contributed by atoms with Crippen LogP contribution in [-0.4, -0.2) is 54.3 Å².